The van der Waals surface area contributed by atoms with Crippen molar-refractivity contribution >= 4 is 29.1 Å². The van der Waals surface area contributed by atoms with Gasteiger partial charge in [0.1, 0.15) is 0 Å². The molecule has 5 heteroatoms. The highest BCUT2D eigenvalue weighted by molar-refractivity contribution is 6.35. The van der Waals surface area contributed by atoms with Crippen molar-refractivity contribution in [3.8, 4) is 0 Å². The molecule has 0 saturated heterocycles. The minimum Gasteiger partial charge on any atom is -0.352 e. The zero-order chi connectivity index (χ0) is 15.2. The number of likely N-dealkylation sites (N-methyl/N-ethyl adjacent to an activating group) is 1. The number of nitrogens with zero attached hydrogens (tertiary/aromatic N) is 1. The second-order valence-corrected chi connectivity index (χ2v) is 6.65. The van der Waals surface area contributed by atoms with Gasteiger partial charge in [0, 0.05) is 22.6 Å². The van der Waals surface area contributed by atoms with Gasteiger partial charge < -0.3 is 5.32 Å². The third kappa shape index (κ3) is 5.50. The molecular formula is C16H22Cl2N2O. The van der Waals surface area contributed by atoms with E-state index in [1.165, 1.54) is 19.3 Å². The van der Waals surface area contributed by atoms with E-state index in [2.05, 4.69) is 5.32 Å². The van der Waals surface area contributed by atoms with E-state index in [4.69, 9.17) is 23.2 Å². The summed E-state index contributed by atoms with van der Waals surface area (Å²) in [6.07, 6.45) is 5.96. The van der Waals surface area contributed by atoms with Crippen LogP contribution >= 0.6 is 23.2 Å². The smallest absolute Gasteiger partial charge is 0.234 e. The minimum atomic E-state index is 0.0921. The highest BCUT2D eigenvalue weighted by Gasteiger charge is 2.16. The molecule has 0 radical (unpaired) electrons. The average molecular weight is 329 g/mol. The van der Waals surface area contributed by atoms with E-state index < -0.39 is 0 Å². The molecule has 1 saturated carbocycles. The standard InChI is InChI=1S/C16H22Cl2N2O/c1-20(10-12-7-8-13(17)9-15(12)18)11-16(21)19-14-5-3-2-4-6-14/h7-9,14H,2-6,10-11H2,1H3,(H,19,21). The molecule has 21 heavy (non-hydrogen) atoms. The third-order valence-electron chi connectivity index (χ3n) is 3.84. The third-order valence-corrected chi connectivity index (χ3v) is 4.43. The first kappa shape index (κ1) is 16.6. The molecule has 2 rings (SSSR count). The molecule has 1 fully saturated rings. The number of halogens is 2. The molecule has 0 bridgehead atoms. The van der Waals surface area contributed by atoms with Crippen molar-refractivity contribution in [3.05, 3.63) is 33.8 Å². The van der Waals surface area contributed by atoms with Gasteiger partial charge in [-0.3, -0.25) is 9.69 Å². The van der Waals surface area contributed by atoms with Crippen molar-refractivity contribution in [3.63, 3.8) is 0 Å². The fourth-order valence-corrected chi connectivity index (χ4v) is 3.23. The van der Waals surface area contributed by atoms with E-state index in [9.17, 15) is 4.79 Å². The largest absolute Gasteiger partial charge is 0.352 e. The predicted octanol–water partition coefficient (Wildman–Crippen LogP) is 3.87. The number of rotatable bonds is 5. The first-order valence-electron chi connectivity index (χ1n) is 7.46. The van der Waals surface area contributed by atoms with Crippen LogP contribution in [0.15, 0.2) is 18.2 Å². The minimum absolute atomic E-state index is 0.0921. The number of amides is 1. The first-order valence-corrected chi connectivity index (χ1v) is 8.22. The van der Waals surface area contributed by atoms with Gasteiger partial charge in [-0.25, -0.2) is 0 Å². The van der Waals surface area contributed by atoms with Crippen molar-refractivity contribution < 1.29 is 4.79 Å². The molecule has 0 aromatic heterocycles. The van der Waals surface area contributed by atoms with Gasteiger partial charge in [0.05, 0.1) is 6.54 Å². The van der Waals surface area contributed by atoms with E-state index in [1.54, 1.807) is 6.07 Å². The Bertz CT molecular complexity index is 487. The second kappa shape index (κ2) is 8.02. The molecule has 3 nitrogen and oxygen atoms in total. The van der Waals surface area contributed by atoms with Crippen LogP contribution in [0.4, 0.5) is 0 Å². The number of carbonyl (C=O) groups excluding carboxylic acids is 1. The van der Waals surface area contributed by atoms with Crippen LogP contribution in [0, 0.1) is 0 Å². The van der Waals surface area contributed by atoms with E-state index >= 15 is 0 Å². The summed E-state index contributed by atoms with van der Waals surface area (Å²) in [7, 11) is 1.92. The maximum atomic E-state index is 12.0. The Morgan fingerprint density at radius 1 is 1.29 bits per heavy atom. The number of carbonyl (C=O) groups is 1. The molecule has 0 aliphatic heterocycles. The number of hydrogen-bond donors (Lipinski definition) is 1. The first-order chi connectivity index (χ1) is 10.0. The summed E-state index contributed by atoms with van der Waals surface area (Å²) in [5, 5.41) is 4.39. The monoisotopic (exact) mass is 328 g/mol. The van der Waals surface area contributed by atoms with Crippen LogP contribution in [-0.4, -0.2) is 30.4 Å². The van der Waals surface area contributed by atoms with Crippen LogP contribution in [0.25, 0.3) is 0 Å². The molecule has 1 aromatic rings. The van der Waals surface area contributed by atoms with Crippen LogP contribution in [0.2, 0.25) is 10.0 Å². The van der Waals surface area contributed by atoms with Crippen molar-refractivity contribution in [1.29, 1.82) is 0 Å². The van der Waals surface area contributed by atoms with Gasteiger partial charge in [0.2, 0.25) is 5.91 Å². The average Bonchev–Trinajstić information content (AvgIpc) is 2.43. The van der Waals surface area contributed by atoms with Gasteiger partial charge in [-0.05, 0) is 37.6 Å². The van der Waals surface area contributed by atoms with Crippen LogP contribution in [0.1, 0.15) is 37.7 Å². The van der Waals surface area contributed by atoms with Crippen molar-refractivity contribution in [2.75, 3.05) is 13.6 Å². The Kier molecular flexibility index (Phi) is 6.34. The van der Waals surface area contributed by atoms with Gasteiger partial charge in [-0.2, -0.15) is 0 Å². The quantitative estimate of drug-likeness (QED) is 0.889. The van der Waals surface area contributed by atoms with E-state index in [0.717, 1.165) is 18.4 Å². The van der Waals surface area contributed by atoms with Crippen LogP contribution < -0.4 is 5.32 Å². The Labute approximate surface area is 136 Å². The predicted molar refractivity (Wildman–Crippen MR) is 87.8 cm³/mol. The molecule has 0 atom stereocenters. The van der Waals surface area contributed by atoms with Crippen LogP contribution in [0.3, 0.4) is 0 Å². The van der Waals surface area contributed by atoms with E-state index in [-0.39, 0.29) is 5.91 Å². The van der Waals surface area contributed by atoms with Crippen LogP contribution in [-0.2, 0) is 11.3 Å². The number of nitrogens with one attached hydrogen (secondary N) is 1. The van der Waals surface area contributed by atoms with E-state index in [1.807, 2.05) is 24.1 Å². The lowest BCUT2D eigenvalue weighted by molar-refractivity contribution is -0.123. The summed E-state index contributed by atoms with van der Waals surface area (Å²) in [6, 6.07) is 5.81. The van der Waals surface area contributed by atoms with Crippen molar-refractivity contribution in [2.45, 2.75) is 44.7 Å². The van der Waals surface area contributed by atoms with Gasteiger partial charge in [-0.1, -0.05) is 48.5 Å². The SMILES string of the molecule is CN(CC(=O)NC1CCCCC1)Cc1ccc(Cl)cc1Cl. The summed E-state index contributed by atoms with van der Waals surface area (Å²) < 4.78 is 0. The Hall–Kier alpha value is -0.770. The molecular weight excluding hydrogens is 307 g/mol. The zero-order valence-corrected chi connectivity index (χ0v) is 13.9. The van der Waals surface area contributed by atoms with E-state index in [0.29, 0.717) is 29.2 Å². The zero-order valence-electron chi connectivity index (χ0n) is 12.4. The molecule has 0 unspecified atom stereocenters. The molecule has 1 N–H and O–H groups in total. The molecule has 0 heterocycles. The Balaban J connectivity index is 1.80. The maximum Gasteiger partial charge on any atom is 0.234 e. The Morgan fingerprint density at radius 3 is 2.67 bits per heavy atom. The van der Waals surface area contributed by atoms with Gasteiger partial charge in [-0.15, -0.1) is 0 Å². The molecule has 1 amide bonds. The van der Waals surface area contributed by atoms with Gasteiger partial charge >= 0.3 is 0 Å². The fraction of sp³-hybridized carbons (Fsp3) is 0.562. The van der Waals surface area contributed by atoms with Gasteiger partial charge in [0.25, 0.3) is 0 Å². The molecule has 1 aliphatic carbocycles. The Morgan fingerprint density at radius 2 is 2.00 bits per heavy atom. The maximum absolute atomic E-state index is 12.0. The summed E-state index contributed by atoms with van der Waals surface area (Å²) in [5.41, 5.74) is 0.981. The van der Waals surface area contributed by atoms with Crippen molar-refractivity contribution in [2.24, 2.45) is 0 Å². The molecule has 0 spiro atoms. The molecule has 116 valence electrons. The topological polar surface area (TPSA) is 32.3 Å². The summed E-state index contributed by atoms with van der Waals surface area (Å²) in [5.74, 6) is 0.0921. The second-order valence-electron chi connectivity index (χ2n) is 5.81. The van der Waals surface area contributed by atoms with Gasteiger partial charge in [0.15, 0.2) is 0 Å². The fourth-order valence-electron chi connectivity index (χ4n) is 2.76. The lowest BCUT2D eigenvalue weighted by atomic mass is 9.95. The highest BCUT2D eigenvalue weighted by atomic mass is 35.5. The summed E-state index contributed by atoms with van der Waals surface area (Å²) >= 11 is 12.0. The van der Waals surface area contributed by atoms with Crippen LogP contribution in [0.5, 0.6) is 0 Å². The summed E-state index contributed by atoms with van der Waals surface area (Å²) in [4.78, 5) is 14.0. The highest BCUT2D eigenvalue weighted by Crippen LogP contribution is 2.22. The summed E-state index contributed by atoms with van der Waals surface area (Å²) in [6.45, 7) is 1.02. The molecule has 1 aliphatic rings. The number of hydrogen-bond acceptors (Lipinski definition) is 2. The number of benzene rings is 1. The molecule has 1 aromatic carbocycles. The lowest BCUT2D eigenvalue weighted by Gasteiger charge is -2.24. The van der Waals surface area contributed by atoms with Crippen molar-refractivity contribution in [1.82, 2.24) is 10.2 Å². The lowest BCUT2D eigenvalue weighted by Crippen LogP contribution is -2.41. The normalized spacial score (nSPS) is 16.2.